The molecule has 2 aromatic carbocycles. The number of anilines is 1. The standard InChI is InChI=1S/C23H24N4O3/c1-16(28)23(27-12-10-26(2)11-13-27)25-24-18-8-9-19-20(29)15-21(30-22(19)14-18)17-6-4-3-5-7-17/h3-9,14-15,24H,10-13H2,1-2H3/b25-23-. The van der Waals surface area contributed by atoms with Crippen molar-refractivity contribution in [2.75, 3.05) is 38.7 Å². The van der Waals surface area contributed by atoms with Gasteiger partial charge >= 0.3 is 0 Å². The lowest BCUT2D eigenvalue weighted by molar-refractivity contribution is -0.111. The number of likely N-dealkylation sites (N-methyl/N-ethyl adjacent to an activating group) is 1. The summed E-state index contributed by atoms with van der Waals surface area (Å²) in [4.78, 5) is 28.8. The van der Waals surface area contributed by atoms with E-state index >= 15 is 0 Å². The van der Waals surface area contributed by atoms with Gasteiger partial charge < -0.3 is 14.2 Å². The van der Waals surface area contributed by atoms with Crippen molar-refractivity contribution in [3.05, 3.63) is 64.8 Å². The molecule has 2 heterocycles. The number of hydrogen-bond donors (Lipinski definition) is 1. The van der Waals surface area contributed by atoms with Crippen molar-refractivity contribution in [2.45, 2.75) is 6.92 Å². The number of benzene rings is 2. The maximum absolute atomic E-state index is 12.5. The quantitative estimate of drug-likeness (QED) is 0.409. The zero-order chi connectivity index (χ0) is 21.1. The minimum atomic E-state index is -0.105. The van der Waals surface area contributed by atoms with Crippen LogP contribution in [0.4, 0.5) is 5.69 Å². The van der Waals surface area contributed by atoms with Crippen molar-refractivity contribution in [1.29, 1.82) is 0 Å². The molecule has 0 unspecified atom stereocenters. The van der Waals surface area contributed by atoms with E-state index in [2.05, 4.69) is 22.5 Å². The van der Waals surface area contributed by atoms with Crippen LogP contribution in [-0.2, 0) is 4.79 Å². The van der Waals surface area contributed by atoms with Gasteiger partial charge in [0.05, 0.1) is 11.1 Å². The molecule has 1 aliphatic heterocycles. The number of carbonyl (C=O) groups excluding carboxylic acids is 1. The Kier molecular flexibility index (Phi) is 5.63. The average molecular weight is 404 g/mol. The van der Waals surface area contributed by atoms with Gasteiger partial charge in [-0.1, -0.05) is 30.3 Å². The number of Topliss-reactive ketones (excluding diaryl/α,β-unsaturated/α-hetero) is 1. The normalized spacial score (nSPS) is 15.4. The van der Waals surface area contributed by atoms with Crippen LogP contribution >= 0.6 is 0 Å². The van der Waals surface area contributed by atoms with Crippen LogP contribution in [0.3, 0.4) is 0 Å². The van der Waals surface area contributed by atoms with E-state index in [4.69, 9.17) is 4.42 Å². The predicted molar refractivity (Wildman–Crippen MR) is 119 cm³/mol. The zero-order valence-electron chi connectivity index (χ0n) is 17.1. The molecule has 1 aromatic heterocycles. The number of amidine groups is 1. The Morgan fingerprint density at radius 2 is 1.77 bits per heavy atom. The highest BCUT2D eigenvalue weighted by Gasteiger charge is 2.20. The van der Waals surface area contributed by atoms with E-state index in [1.54, 1.807) is 18.2 Å². The van der Waals surface area contributed by atoms with Crippen LogP contribution in [0.1, 0.15) is 6.92 Å². The maximum Gasteiger partial charge on any atom is 0.196 e. The van der Waals surface area contributed by atoms with Crippen molar-refractivity contribution in [3.63, 3.8) is 0 Å². The highest BCUT2D eigenvalue weighted by molar-refractivity contribution is 6.37. The average Bonchev–Trinajstić information content (AvgIpc) is 2.75. The first-order chi connectivity index (χ1) is 14.5. The molecule has 4 rings (SSSR count). The molecule has 0 amide bonds. The molecule has 0 radical (unpaired) electrons. The first-order valence-corrected chi connectivity index (χ1v) is 9.93. The molecule has 1 aliphatic rings. The minimum absolute atomic E-state index is 0.0919. The van der Waals surface area contributed by atoms with E-state index in [0.717, 1.165) is 31.7 Å². The van der Waals surface area contributed by atoms with Crippen LogP contribution in [0.2, 0.25) is 0 Å². The third-order valence-corrected chi connectivity index (χ3v) is 5.20. The van der Waals surface area contributed by atoms with Crippen LogP contribution in [0.5, 0.6) is 0 Å². The van der Waals surface area contributed by atoms with Gasteiger partial charge in [0, 0.05) is 50.8 Å². The van der Waals surface area contributed by atoms with Gasteiger partial charge in [0.25, 0.3) is 0 Å². The molecule has 1 saturated heterocycles. The van der Waals surface area contributed by atoms with Gasteiger partial charge in [-0.3, -0.25) is 15.0 Å². The third-order valence-electron chi connectivity index (χ3n) is 5.20. The van der Waals surface area contributed by atoms with Gasteiger partial charge in [-0.05, 0) is 19.2 Å². The zero-order valence-corrected chi connectivity index (χ0v) is 17.1. The van der Waals surface area contributed by atoms with Gasteiger partial charge in [0.2, 0.25) is 0 Å². The van der Waals surface area contributed by atoms with Crippen molar-refractivity contribution in [1.82, 2.24) is 9.80 Å². The summed E-state index contributed by atoms with van der Waals surface area (Å²) in [5.41, 5.74) is 4.79. The lowest BCUT2D eigenvalue weighted by atomic mass is 10.1. The lowest BCUT2D eigenvalue weighted by Gasteiger charge is -2.33. The number of rotatable bonds is 4. The third kappa shape index (κ3) is 4.26. The van der Waals surface area contributed by atoms with Crippen LogP contribution in [-0.4, -0.2) is 54.6 Å². The van der Waals surface area contributed by atoms with Crippen molar-refractivity contribution in [3.8, 4) is 11.3 Å². The second-order valence-electron chi connectivity index (χ2n) is 7.45. The van der Waals surface area contributed by atoms with Crippen molar-refractivity contribution in [2.24, 2.45) is 5.10 Å². The summed E-state index contributed by atoms with van der Waals surface area (Å²) in [6.45, 7) is 4.79. The number of hydrazone groups is 1. The molecule has 3 aromatic rings. The van der Waals surface area contributed by atoms with Gasteiger partial charge in [-0.2, -0.15) is 5.10 Å². The molecule has 0 saturated carbocycles. The number of fused-ring (bicyclic) bond motifs is 1. The van der Waals surface area contributed by atoms with Crippen LogP contribution in [0.15, 0.2) is 68.9 Å². The summed E-state index contributed by atoms with van der Waals surface area (Å²) in [6.07, 6.45) is 0. The number of nitrogens with zero attached hydrogens (tertiary/aromatic N) is 3. The Morgan fingerprint density at radius 3 is 2.47 bits per heavy atom. The molecule has 0 atom stereocenters. The minimum Gasteiger partial charge on any atom is -0.456 e. The van der Waals surface area contributed by atoms with E-state index in [1.807, 2.05) is 35.2 Å². The Bertz CT molecular complexity index is 1150. The van der Waals surface area contributed by atoms with Gasteiger partial charge in [-0.25, -0.2) is 0 Å². The molecular formula is C23H24N4O3. The van der Waals surface area contributed by atoms with Gasteiger partial charge in [0.15, 0.2) is 17.0 Å². The molecule has 0 aliphatic carbocycles. The molecule has 0 bridgehead atoms. The maximum atomic E-state index is 12.5. The van der Waals surface area contributed by atoms with E-state index in [9.17, 15) is 9.59 Å². The highest BCUT2D eigenvalue weighted by Crippen LogP contribution is 2.24. The SMILES string of the molecule is CC(=O)/C(=N/Nc1ccc2c(=O)cc(-c3ccccc3)oc2c1)N1CCN(C)CC1. The lowest BCUT2D eigenvalue weighted by Crippen LogP contribution is -2.49. The molecule has 7 heteroatoms. The van der Waals surface area contributed by atoms with Crippen LogP contribution in [0, 0.1) is 0 Å². The first-order valence-electron chi connectivity index (χ1n) is 9.93. The number of carbonyl (C=O) groups is 1. The number of piperazine rings is 1. The van der Waals surface area contributed by atoms with E-state index in [1.165, 1.54) is 13.0 Å². The molecule has 1 fully saturated rings. The molecule has 0 spiro atoms. The molecule has 1 N–H and O–H groups in total. The number of nitrogens with one attached hydrogen (secondary N) is 1. The summed E-state index contributed by atoms with van der Waals surface area (Å²) in [5, 5.41) is 4.85. The summed E-state index contributed by atoms with van der Waals surface area (Å²) >= 11 is 0. The second-order valence-corrected chi connectivity index (χ2v) is 7.45. The van der Waals surface area contributed by atoms with Crippen LogP contribution in [0.25, 0.3) is 22.3 Å². The number of ketones is 1. The fourth-order valence-corrected chi connectivity index (χ4v) is 3.48. The molecule has 30 heavy (non-hydrogen) atoms. The van der Waals surface area contributed by atoms with Crippen molar-refractivity contribution < 1.29 is 9.21 Å². The van der Waals surface area contributed by atoms with Crippen LogP contribution < -0.4 is 10.9 Å². The number of hydrogen-bond acceptors (Lipinski definition) is 6. The highest BCUT2D eigenvalue weighted by atomic mass is 16.3. The van der Waals surface area contributed by atoms with E-state index in [-0.39, 0.29) is 11.2 Å². The Labute approximate surface area is 174 Å². The second kappa shape index (κ2) is 8.51. The van der Waals surface area contributed by atoms with E-state index < -0.39 is 0 Å². The fraction of sp³-hybridized carbons (Fsp3) is 0.261. The molecule has 7 nitrogen and oxygen atoms in total. The monoisotopic (exact) mass is 404 g/mol. The molecular weight excluding hydrogens is 380 g/mol. The van der Waals surface area contributed by atoms with Gasteiger partial charge in [-0.15, -0.1) is 0 Å². The first kappa shape index (κ1) is 19.8. The summed E-state index contributed by atoms with van der Waals surface area (Å²) in [7, 11) is 2.06. The Hall–Kier alpha value is -3.45. The van der Waals surface area contributed by atoms with E-state index in [0.29, 0.717) is 28.3 Å². The predicted octanol–water partition coefficient (Wildman–Crippen LogP) is 3.02. The summed E-state index contributed by atoms with van der Waals surface area (Å²) in [6, 6.07) is 16.2. The largest absolute Gasteiger partial charge is 0.456 e. The van der Waals surface area contributed by atoms with Gasteiger partial charge in [0.1, 0.15) is 11.3 Å². The smallest absolute Gasteiger partial charge is 0.196 e. The summed E-state index contributed by atoms with van der Waals surface area (Å²) < 4.78 is 5.98. The summed E-state index contributed by atoms with van der Waals surface area (Å²) in [5.74, 6) is 0.823. The Balaban J connectivity index is 1.63. The fourth-order valence-electron chi connectivity index (χ4n) is 3.48. The topological polar surface area (TPSA) is 78.1 Å². The molecule has 154 valence electrons. The Morgan fingerprint density at radius 1 is 1.03 bits per heavy atom. The van der Waals surface area contributed by atoms with Crippen molar-refractivity contribution >= 4 is 28.3 Å².